The van der Waals surface area contributed by atoms with E-state index in [1.165, 1.54) is 0 Å². The maximum Gasteiger partial charge on any atom is 0.231 e. The Morgan fingerprint density at radius 1 is 1.00 bits per heavy atom. The van der Waals surface area contributed by atoms with Crippen molar-refractivity contribution < 1.29 is 4.74 Å². The normalized spacial score (nSPS) is 17.9. The first-order valence-electron chi connectivity index (χ1n) is 12.5. The summed E-state index contributed by atoms with van der Waals surface area (Å²) in [5.74, 6) is 2.92. The second-order valence-corrected chi connectivity index (χ2v) is 8.85. The van der Waals surface area contributed by atoms with E-state index in [0.29, 0.717) is 18.5 Å². The van der Waals surface area contributed by atoms with Crippen LogP contribution in [0.25, 0.3) is 11.0 Å². The van der Waals surface area contributed by atoms with Crippen molar-refractivity contribution in [3.63, 3.8) is 0 Å². The number of nitrogens with zero attached hydrogens (tertiary/aromatic N) is 7. The monoisotopic (exact) mass is 465 g/mol. The highest BCUT2D eigenvalue weighted by Gasteiger charge is 2.27. The van der Waals surface area contributed by atoms with Gasteiger partial charge in [0.15, 0.2) is 0 Å². The number of rotatable bonds is 8. The first kappa shape index (κ1) is 22.8. The number of para-hydroxylation sites is 2. The number of anilines is 3. The number of imidazole rings is 1. The fourth-order valence-electron chi connectivity index (χ4n) is 4.85. The van der Waals surface area contributed by atoms with Crippen molar-refractivity contribution >= 4 is 28.9 Å². The van der Waals surface area contributed by atoms with Gasteiger partial charge in [-0.3, -0.25) is 4.90 Å². The molecule has 0 spiro atoms. The molecule has 2 saturated heterocycles. The van der Waals surface area contributed by atoms with Crippen LogP contribution < -0.4 is 15.1 Å². The Labute approximate surface area is 200 Å². The van der Waals surface area contributed by atoms with E-state index in [0.717, 1.165) is 94.1 Å². The molecule has 2 aromatic heterocycles. The average Bonchev–Trinajstić information content (AvgIpc) is 3.32. The molecule has 5 rings (SSSR count). The third-order valence-electron chi connectivity index (χ3n) is 6.82. The van der Waals surface area contributed by atoms with Crippen LogP contribution in [-0.4, -0.2) is 88.3 Å². The Bertz CT molecular complexity index is 1040. The molecule has 34 heavy (non-hydrogen) atoms. The van der Waals surface area contributed by atoms with E-state index in [1.54, 1.807) is 0 Å². The standard InChI is InChI=1S/C24H35N9O/c1-3-31(4-2)23-28-22(25-17-21-26-19-7-5-6-8-20(19)27-21)29-24(30-23)33-11-9-18(10-12-33)32-13-15-34-16-14-32/h5-8,18H,3-4,9-17H2,1-2H3,(H,26,27)(H,25,28,29,30). The summed E-state index contributed by atoms with van der Waals surface area (Å²) in [5.41, 5.74) is 1.99. The van der Waals surface area contributed by atoms with E-state index in [4.69, 9.17) is 19.7 Å². The van der Waals surface area contributed by atoms with Gasteiger partial charge in [0.25, 0.3) is 0 Å². The summed E-state index contributed by atoms with van der Waals surface area (Å²) in [7, 11) is 0. The smallest absolute Gasteiger partial charge is 0.231 e. The first-order chi connectivity index (χ1) is 16.7. The Morgan fingerprint density at radius 3 is 2.50 bits per heavy atom. The minimum Gasteiger partial charge on any atom is -0.379 e. The van der Waals surface area contributed by atoms with E-state index in [1.807, 2.05) is 24.3 Å². The molecule has 0 atom stereocenters. The van der Waals surface area contributed by atoms with Crippen molar-refractivity contribution in [2.75, 3.05) is 67.6 Å². The number of aromatic amines is 1. The Balaban J connectivity index is 1.31. The van der Waals surface area contributed by atoms with Crippen molar-refractivity contribution in [3.05, 3.63) is 30.1 Å². The van der Waals surface area contributed by atoms with Gasteiger partial charge in [-0.1, -0.05) is 12.1 Å². The van der Waals surface area contributed by atoms with Gasteiger partial charge in [0.1, 0.15) is 5.82 Å². The highest BCUT2D eigenvalue weighted by molar-refractivity contribution is 5.74. The second-order valence-electron chi connectivity index (χ2n) is 8.85. The zero-order valence-corrected chi connectivity index (χ0v) is 20.2. The molecule has 2 aliphatic heterocycles. The van der Waals surface area contributed by atoms with Crippen LogP contribution in [0.3, 0.4) is 0 Å². The molecular weight excluding hydrogens is 430 g/mol. The molecule has 182 valence electrons. The number of aromatic nitrogens is 5. The molecule has 0 saturated carbocycles. The number of nitrogens with one attached hydrogen (secondary N) is 2. The van der Waals surface area contributed by atoms with Crippen LogP contribution in [0.1, 0.15) is 32.5 Å². The molecule has 0 amide bonds. The first-order valence-corrected chi connectivity index (χ1v) is 12.5. The van der Waals surface area contributed by atoms with Gasteiger partial charge in [-0.25, -0.2) is 4.98 Å². The van der Waals surface area contributed by atoms with Gasteiger partial charge in [-0.05, 0) is 38.8 Å². The van der Waals surface area contributed by atoms with Crippen LogP contribution in [0.2, 0.25) is 0 Å². The maximum absolute atomic E-state index is 5.53. The lowest BCUT2D eigenvalue weighted by Crippen LogP contribution is -2.49. The highest BCUT2D eigenvalue weighted by atomic mass is 16.5. The fourth-order valence-corrected chi connectivity index (χ4v) is 4.85. The molecule has 1 aromatic carbocycles. The van der Waals surface area contributed by atoms with E-state index in [2.05, 4.69) is 43.8 Å². The zero-order chi connectivity index (χ0) is 23.3. The largest absolute Gasteiger partial charge is 0.379 e. The van der Waals surface area contributed by atoms with Gasteiger partial charge in [0.2, 0.25) is 17.8 Å². The van der Waals surface area contributed by atoms with E-state index in [9.17, 15) is 0 Å². The Morgan fingerprint density at radius 2 is 1.76 bits per heavy atom. The van der Waals surface area contributed by atoms with E-state index in [-0.39, 0.29) is 0 Å². The van der Waals surface area contributed by atoms with Crippen LogP contribution in [0.15, 0.2) is 24.3 Å². The molecule has 2 aliphatic rings. The van der Waals surface area contributed by atoms with Gasteiger partial charge in [-0.15, -0.1) is 0 Å². The molecule has 4 heterocycles. The summed E-state index contributed by atoms with van der Waals surface area (Å²) in [5, 5.41) is 3.37. The number of H-pyrrole nitrogens is 1. The summed E-state index contributed by atoms with van der Waals surface area (Å²) < 4.78 is 5.53. The summed E-state index contributed by atoms with van der Waals surface area (Å²) in [6.45, 7) is 12.2. The third-order valence-corrected chi connectivity index (χ3v) is 6.82. The molecule has 2 fully saturated rings. The molecule has 3 aromatic rings. The Kier molecular flexibility index (Phi) is 7.05. The van der Waals surface area contributed by atoms with Crippen LogP contribution in [-0.2, 0) is 11.3 Å². The van der Waals surface area contributed by atoms with Crippen molar-refractivity contribution in [1.82, 2.24) is 29.8 Å². The van der Waals surface area contributed by atoms with Gasteiger partial charge < -0.3 is 24.8 Å². The molecule has 0 aliphatic carbocycles. The SMILES string of the molecule is CCN(CC)c1nc(NCc2nc3ccccc3[nH]2)nc(N2CCC(N3CCOCC3)CC2)n1. The van der Waals surface area contributed by atoms with Gasteiger partial charge in [0.05, 0.1) is 30.8 Å². The predicted molar refractivity (Wildman–Crippen MR) is 134 cm³/mol. The van der Waals surface area contributed by atoms with Gasteiger partial charge in [0, 0.05) is 45.3 Å². The highest BCUT2D eigenvalue weighted by Crippen LogP contribution is 2.23. The molecule has 2 N–H and O–H groups in total. The second kappa shape index (κ2) is 10.5. The lowest BCUT2D eigenvalue weighted by molar-refractivity contribution is 0.0114. The third kappa shape index (κ3) is 5.07. The zero-order valence-electron chi connectivity index (χ0n) is 20.2. The van der Waals surface area contributed by atoms with Crippen LogP contribution in [0.5, 0.6) is 0 Å². The van der Waals surface area contributed by atoms with Crippen LogP contribution in [0, 0.1) is 0 Å². The van der Waals surface area contributed by atoms with Crippen LogP contribution in [0.4, 0.5) is 17.8 Å². The number of hydrogen-bond acceptors (Lipinski definition) is 9. The maximum atomic E-state index is 5.53. The van der Waals surface area contributed by atoms with Crippen molar-refractivity contribution in [3.8, 4) is 0 Å². The van der Waals surface area contributed by atoms with E-state index < -0.39 is 0 Å². The number of piperidine rings is 1. The average molecular weight is 466 g/mol. The number of fused-ring (bicyclic) bond motifs is 1. The summed E-state index contributed by atoms with van der Waals surface area (Å²) in [6.07, 6.45) is 2.24. The number of morpholine rings is 1. The number of ether oxygens (including phenoxy) is 1. The van der Waals surface area contributed by atoms with E-state index >= 15 is 0 Å². The molecule has 0 radical (unpaired) electrons. The fraction of sp³-hybridized carbons (Fsp3) is 0.583. The summed E-state index contributed by atoms with van der Waals surface area (Å²) in [6, 6.07) is 8.67. The molecular formula is C24H35N9O. The quantitative estimate of drug-likeness (QED) is 0.520. The number of benzene rings is 1. The predicted octanol–water partition coefficient (Wildman–Crippen LogP) is 2.51. The van der Waals surface area contributed by atoms with Gasteiger partial charge >= 0.3 is 0 Å². The topological polar surface area (TPSA) is 98.3 Å². The summed E-state index contributed by atoms with van der Waals surface area (Å²) in [4.78, 5) is 29.5. The van der Waals surface area contributed by atoms with Crippen molar-refractivity contribution in [2.45, 2.75) is 39.3 Å². The lowest BCUT2D eigenvalue weighted by atomic mass is 10.0. The minimum absolute atomic E-state index is 0.523. The molecule has 0 unspecified atom stereocenters. The van der Waals surface area contributed by atoms with Crippen molar-refractivity contribution in [2.24, 2.45) is 0 Å². The van der Waals surface area contributed by atoms with Gasteiger partial charge in [-0.2, -0.15) is 15.0 Å². The number of hydrogen-bond donors (Lipinski definition) is 2. The summed E-state index contributed by atoms with van der Waals surface area (Å²) >= 11 is 0. The minimum atomic E-state index is 0.523. The lowest BCUT2D eigenvalue weighted by Gasteiger charge is -2.40. The Hall–Kier alpha value is -2.98. The molecule has 10 nitrogen and oxygen atoms in total. The van der Waals surface area contributed by atoms with Crippen molar-refractivity contribution in [1.29, 1.82) is 0 Å². The molecule has 0 bridgehead atoms. The van der Waals surface area contributed by atoms with Crippen LogP contribution >= 0.6 is 0 Å². The molecule has 10 heteroatoms.